The van der Waals surface area contributed by atoms with Crippen molar-refractivity contribution in [2.24, 2.45) is 5.41 Å². The molecule has 1 N–H and O–H groups in total. The lowest BCUT2D eigenvalue weighted by Crippen LogP contribution is -2.47. The Morgan fingerprint density at radius 3 is 2.57 bits per heavy atom. The fourth-order valence-corrected chi connectivity index (χ4v) is 2.60. The smallest absolute Gasteiger partial charge is 0.406 e. The second-order valence-corrected chi connectivity index (χ2v) is 5.52. The topological polar surface area (TPSA) is 40.5 Å². The van der Waals surface area contributed by atoms with Gasteiger partial charge in [0.2, 0.25) is 0 Å². The fourth-order valence-electron chi connectivity index (χ4n) is 2.44. The van der Waals surface area contributed by atoms with E-state index in [0.29, 0.717) is 0 Å². The maximum atomic E-state index is 13.6. The number of rotatable bonds is 3. The van der Waals surface area contributed by atoms with Crippen LogP contribution in [0.3, 0.4) is 0 Å². The number of carbonyl (C=O) groups is 1. The Balaban J connectivity index is 2.17. The highest BCUT2D eigenvalue weighted by molar-refractivity contribution is 6.30. The van der Waals surface area contributed by atoms with E-state index in [1.807, 2.05) is 0 Å². The second kappa shape index (κ2) is 5.46. The highest BCUT2D eigenvalue weighted by atomic mass is 35.5. The van der Waals surface area contributed by atoms with Crippen LogP contribution in [0.15, 0.2) is 18.2 Å². The number of benzene rings is 1. The molecule has 116 valence electrons. The lowest BCUT2D eigenvalue weighted by Gasteiger charge is -2.27. The Hall–Kier alpha value is -1.34. The first-order valence-electron chi connectivity index (χ1n) is 6.12. The molecule has 0 saturated carbocycles. The highest BCUT2D eigenvalue weighted by Gasteiger charge is 2.63. The molecule has 1 aliphatic heterocycles. The minimum atomic E-state index is -4.84. The van der Waals surface area contributed by atoms with Gasteiger partial charge in [-0.3, -0.25) is 9.69 Å². The Labute approximate surface area is 123 Å². The molecule has 1 saturated heterocycles. The van der Waals surface area contributed by atoms with E-state index in [1.54, 1.807) is 0 Å². The van der Waals surface area contributed by atoms with Crippen LogP contribution in [0.5, 0.6) is 0 Å². The summed E-state index contributed by atoms with van der Waals surface area (Å²) in [6, 6.07) is 3.89. The van der Waals surface area contributed by atoms with E-state index in [9.17, 15) is 22.4 Å². The lowest BCUT2D eigenvalue weighted by molar-refractivity contribution is -0.227. The molecule has 0 bridgehead atoms. The summed E-state index contributed by atoms with van der Waals surface area (Å²) >= 11 is 5.60. The number of carboxylic acids is 1. The van der Waals surface area contributed by atoms with Crippen LogP contribution in [-0.2, 0) is 11.3 Å². The number of carboxylic acid groups (broad SMARTS) is 1. The number of aliphatic carboxylic acids is 1. The number of alkyl halides is 3. The van der Waals surface area contributed by atoms with E-state index >= 15 is 0 Å². The Kier molecular flexibility index (Phi) is 4.17. The van der Waals surface area contributed by atoms with Crippen molar-refractivity contribution in [2.75, 3.05) is 13.1 Å². The van der Waals surface area contributed by atoms with E-state index in [-0.39, 0.29) is 23.7 Å². The molecule has 1 aromatic rings. The Morgan fingerprint density at radius 2 is 2.10 bits per heavy atom. The molecule has 2 rings (SSSR count). The molecule has 0 spiro atoms. The van der Waals surface area contributed by atoms with Gasteiger partial charge in [-0.15, -0.1) is 0 Å². The molecule has 1 heterocycles. The van der Waals surface area contributed by atoms with Crippen molar-refractivity contribution < 1.29 is 27.5 Å². The molecule has 8 heteroatoms. The van der Waals surface area contributed by atoms with Crippen LogP contribution in [0.25, 0.3) is 0 Å². The summed E-state index contributed by atoms with van der Waals surface area (Å²) in [6.07, 6.45) is -5.38. The average Bonchev–Trinajstić information content (AvgIpc) is 2.77. The molecule has 1 aromatic carbocycles. The van der Waals surface area contributed by atoms with Crippen molar-refractivity contribution in [3.05, 3.63) is 34.6 Å². The minimum Gasteiger partial charge on any atom is -0.481 e. The normalized spacial score (nSPS) is 23.5. The number of hydrogen-bond donors (Lipinski definition) is 1. The van der Waals surface area contributed by atoms with Gasteiger partial charge in [0.25, 0.3) is 0 Å². The monoisotopic (exact) mass is 325 g/mol. The maximum Gasteiger partial charge on any atom is 0.406 e. The van der Waals surface area contributed by atoms with Crippen LogP contribution in [0, 0.1) is 11.2 Å². The highest BCUT2D eigenvalue weighted by Crippen LogP contribution is 2.46. The summed E-state index contributed by atoms with van der Waals surface area (Å²) in [5.41, 5.74) is -2.60. The van der Waals surface area contributed by atoms with Gasteiger partial charge >= 0.3 is 12.1 Å². The molecular weight excluding hydrogens is 314 g/mol. The molecule has 1 atom stereocenters. The number of likely N-dealkylation sites (tertiary alicyclic amines) is 1. The third-order valence-electron chi connectivity index (χ3n) is 3.71. The van der Waals surface area contributed by atoms with Gasteiger partial charge < -0.3 is 5.11 Å². The van der Waals surface area contributed by atoms with Crippen molar-refractivity contribution in [2.45, 2.75) is 19.1 Å². The second-order valence-electron chi connectivity index (χ2n) is 5.08. The molecule has 21 heavy (non-hydrogen) atoms. The average molecular weight is 326 g/mol. The van der Waals surface area contributed by atoms with Crippen molar-refractivity contribution in [1.29, 1.82) is 0 Å². The van der Waals surface area contributed by atoms with Crippen molar-refractivity contribution >= 4 is 17.6 Å². The molecule has 3 nitrogen and oxygen atoms in total. The van der Waals surface area contributed by atoms with Gasteiger partial charge in [-0.25, -0.2) is 4.39 Å². The molecule has 1 unspecified atom stereocenters. The van der Waals surface area contributed by atoms with E-state index in [0.717, 1.165) is 6.07 Å². The number of hydrogen-bond acceptors (Lipinski definition) is 2. The third-order valence-corrected chi connectivity index (χ3v) is 3.94. The molecule has 1 fully saturated rings. The van der Waals surface area contributed by atoms with Gasteiger partial charge in [0, 0.05) is 30.2 Å². The quantitative estimate of drug-likeness (QED) is 0.867. The van der Waals surface area contributed by atoms with Gasteiger partial charge in [-0.2, -0.15) is 13.2 Å². The molecular formula is C13H12ClF4NO2. The first-order valence-corrected chi connectivity index (χ1v) is 6.50. The van der Waals surface area contributed by atoms with E-state index in [1.165, 1.54) is 17.0 Å². The van der Waals surface area contributed by atoms with Gasteiger partial charge in [-0.05, 0) is 18.6 Å². The van der Waals surface area contributed by atoms with Gasteiger partial charge in [-0.1, -0.05) is 17.7 Å². The lowest BCUT2D eigenvalue weighted by atomic mass is 9.86. The number of nitrogens with zero attached hydrogens (tertiary/aromatic N) is 1. The molecule has 1 aliphatic rings. The summed E-state index contributed by atoms with van der Waals surface area (Å²) in [6.45, 7) is -0.837. The van der Waals surface area contributed by atoms with Crippen molar-refractivity contribution in [3.8, 4) is 0 Å². The molecule has 0 amide bonds. The zero-order chi connectivity index (χ0) is 15.8. The van der Waals surface area contributed by atoms with Crippen molar-refractivity contribution in [3.63, 3.8) is 0 Å². The van der Waals surface area contributed by atoms with Crippen LogP contribution >= 0.6 is 11.6 Å². The zero-order valence-corrected chi connectivity index (χ0v) is 11.5. The van der Waals surface area contributed by atoms with Gasteiger partial charge in [0.15, 0.2) is 5.41 Å². The predicted molar refractivity (Wildman–Crippen MR) is 67.4 cm³/mol. The zero-order valence-electron chi connectivity index (χ0n) is 10.8. The van der Waals surface area contributed by atoms with Crippen LogP contribution < -0.4 is 0 Å². The Morgan fingerprint density at radius 1 is 1.43 bits per heavy atom. The van der Waals surface area contributed by atoms with E-state index < -0.39 is 36.3 Å². The predicted octanol–water partition coefficient (Wildman–Crippen LogP) is 3.32. The first-order chi connectivity index (χ1) is 9.65. The molecule has 0 aromatic heterocycles. The van der Waals surface area contributed by atoms with Crippen LogP contribution in [0.2, 0.25) is 5.02 Å². The maximum absolute atomic E-state index is 13.6. The van der Waals surface area contributed by atoms with Gasteiger partial charge in [0.05, 0.1) is 0 Å². The SMILES string of the molecule is O=C(O)C1(C(F)(F)F)CCN(Cc2ccc(Cl)cc2F)C1. The fraction of sp³-hybridized carbons (Fsp3) is 0.462. The first kappa shape index (κ1) is 16.0. The van der Waals surface area contributed by atoms with Gasteiger partial charge in [0.1, 0.15) is 5.82 Å². The largest absolute Gasteiger partial charge is 0.481 e. The third kappa shape index (κ3) is 2.98. The number of halogens is 5. The molecule has 0 aliphatic carbocycles. The van der Waals surface area contributed by atoms with E-state index in [2.05, 4.69) is 0 Å². The van der Waals surface area contributed by atoms with E-state index in [4.69, 9.17) is 16.7 Å². The molecule has 0 radical (unpaired) electrons. The summed E-state index contributed by atoms with van der Waals surface area (Å²) < 4.78 is 52.7. The van der Waals surface area contributed by atoms with Crippen molar-refractivity contribution in [1.82, 2.24) is 4.90 Å². The summed E-state index contributed by atoms with van der Waals surface area (Å²) in [7, 11) is 0. The summed E-state index contributed by atoms with van der Waals surface area (Å²) in [4.78, 5) is 12.3. The van der Waals surface area contributed by atoms with Crippen LogP contribution in [0.4, 0.5) is 17.6 Å². The van der Waals surface area contributed by atoms with Crippen LogP contribution in [-0.4, -0.2) is 35.2 Å². The Bertz CT molecular complexity index is 564. The van der Waals surface area contributed by atoms with Crippen LogP contribution in [0.1, 0.15) is 12.0 Å². The minimum absolute atomic E-state index is 0.0616. The standard InChI is InChI=1S/C13H12ClF4NO2/c14-9-2-1-8(10(15)5-9)6-19-4-3-12(7-19,11(20)21)13(16,17)18/h1-2,5H,3-4,6-7H2,(H,20,21). The summed E-state index contributed by atoms with van der Waals surface area (Å²) in [5.74, 6) is -2.52. The summed E-state index contributed by atoms with van der Waals surface area (Å²) in [5, 5.41) is 9.12.